The van der Waals surface area contributed by atoms with E-state index < -0.39 is 0 Å². The van der Waals surface area contributed by atoms with E-state index >= 15 is 0 Å². The third-order valence-electron chi connectivity index (χ3n) is 4.76. The third kappa shape index (κ3) is 5.85. The Bertz CT molecular complexity index is 274. The van der Waals surface area contributed by atoms with Crippen molar-refractivity contribution in [1.82, 2.24) is 10.2 Å². The van der Waals surface area contributed by atoms with Crippen LogP contribution in [0.3, 0.4) is 0 Å². The largest absolute Gasteiger partial charge is 0.381 e. The number of ether oxygens (including phenoxy) is 2. The van der Waals surface area contributed by atoms with Crippen molar-refractivity contribution in [3.63, 3.8) is 0 Å². The zero-order valence-electron chi connectivity index (χ0n) is 14.0. The first kappa shape index (κ1) is 17.2. The predicted molar refractivity (Wildman–Crippen MR) is 86.7 cm³/mol. The lowest BCUT2D eigenvalue weighted by molar-refractivity contribution is -0.0290. The maximum Gasteiger partial charge on any atom is 0.0546 e. The van der Waals surface area contributed by atoms with Gasteiger partial charge < -0.3 is 19.7 Å². The Balaban J connectivity index is 1.81. The summed E-state index contributed by atoms with van der Waals surface area (Å²) in [7, 11) is 2.27. The molecule has 0 aromatic carbocycles. The van der Waals surface area contributed by atoms with Crippen LogP contribution in [-0.4, -0.2) is 64.6 Å². The highest BCUT2D eigenvalue weighted by Crippen LogP contribution is 2.29. The van der Waals surface area contributed by atoms with E-state index in [9.17, 15) is 0 Å². The van der Waals surface area contributed by atoms with Gasteiger partial charge in [-0.1, -0.05) is 6.92 Å². The van der Waals surface area contributed by atoms with E-state index in [2.05, 4.69) is 24.2 Å². The number of hydrogen-bond donors (Lipinski definition) is 1. The molecule has 0 bridgehead atoms. The van der Waals surface area contributed by atoms with Gasteiger partial charge in [-0.05, 0) is 51.6 Å². The molecule has 2 rings (SSSR count). The van der Waals surface area contributed by atoms with Crippen LogP contribution in [0.25, 0.3) is 0 Å². The number of nitrogens with one attached hydrogen (secondary N) is 1. The van der Waals surface area contributed by atoms with Crippen LogP contribution in [0.4, 0.5) is 0 Å². The first-order valence-electron chi connectivity index (χ1n) is 8.79. The topological polar surface area (TPSA) is 33.7 Å². The minimum atomic E-state index is 0.303. The van der Waals surface area contributed by atoms with Crippen LogP contribution in [-0.2, 0) is 9.47 Å². The van der Waals surface area contributed by atoms with Crippen LogP contribution in [0.1, 0.15) is 39.0 Å². The Morgan fingerprint density at radius 2 is 2.10 bits per heavy atom. The number of nitrogens with zero attached hydrogens (tertiary/aromatic N) is 1. The molecule has 0 saturated carbocycles. The lowest BCUT2D eigenvalue weighted by Crippen LogP contribution is -2.49. The fourth-order valence-electron chi connectivity index (χ4n) is 3.79. The van der Waals surface area contributed by atoms with Gasteiger partial charge in [-0.2, -0.15) is 0 Å². The maximum absolute atomic E-state index is 5.82. The molecule has 2 unspecified atom stereocenters. The molecule has 0 aromatic rings. The summed E-state index contributed by atoms with van der Waals surface area (Å²) >= 11 is 0. The van der Waals surface area contributed by atoms with Crippen molar-refractivity contribution in [3.05, 3.63) is 0 Å². The highest BCUT2D eigenvalue weighted by atomic mass is 16.5. The Morgan fingerprint density at radius 1 is 1.24 bits per heavy atom. The Hall–Kier alpha value is -0.160. The molecule has 0 radical (unpaired) electrons. The van der Waals surface area contributed by atoms with Crippen molar-refractivity contribution >= 4 is 0 Å². The van der Waals surface area contributed by atoms with Crippen molar-refractivity contribution in [2.45, 2.75) is 39.0 Å². The van der Waals surface area contributed by atoms with E-state index in [1.54, 1.807) is 0 Å². The zero-order valence-corrected chi connectivity index (χ0v) is 14.0. The molecule has 0 aliphatic carbocycles. The van der Waals surface area contributed by atoms with Crippen LogP contribution in [0, 0.1) is 11.3 Å². The normalized spacial score (nSPS) is 30.7. The Kier molecular flexibility index (Phi) is 7.44. The van der Waals surface area contributed by atoms with Gasteiger partial charge in [0.05, 0.1) is 13.2 Å². The van der Waals surface area contributed by atoms with Gasteiger partial charge in [-0.25, -0.2) is 0 Å². The minimum absolute atomic E-state index is 0.303. The summed E-state index contributed by atoms with van der Waals surface area (Å²) in [5, 5.41) is 3.62. The van der Waals surface area contributed by atoms with Crippen LogP contribution >= 0.6 is 0 Å². The zero-order chi connectivity index (χ0) is 15.0. The first-order chi connectivity index (χ1) is 10.2. The molecular weight excluding hydrogens is 264 g/mol. The SMILES string of the molecule is CCCNCC1(CN(C)CC2CCCOC2)CCCOC1. The second kappa shape index (κ2) is 9.09. The summed E-state index contributed by atoms with van der Waals surface area (Å²) < 4.78 is 11.4. The molecule has 2 fully saturated rings. The minimum Gasteiger partial charge on any atom is -0.381 e. The molecule has 0 amide bonds. The Labute approximate surface area is 130 Å². The molecular formula is C17H34N2O2. The second-order valence-corrected chi connectivity index (χ2v) is 7.11. The maximum atomic E-state index is 5.82. The van der Waals surface area contributed by atoms with Gasteiger partial charge in [-0.15, -0.1) is 0 Å². The number of hydrogen-bond acceptors (Lipinski definition) is 4. The quantitative estimate of drug-likeness (QED) is 0.696. The van der Waals surface area contributed by atoms with Crippen LogP contribution in [0.15, 0.2) is 0 Å². The number of rotatable bonds is 8. The monoisotopic (exact) mass is 298 g/mol. The molecule has 1 N–H and O–H groups in total. The molecule has 4 heteroatoms. The molecule has 2 atom stereocenters. The Morgan fingerprint density at radius 3 is 2.76 bits per heavy atom. The third-order valence-corrected chi connectivity index (χ3v) is 4.76. The summed E-state index contributed by atoms with van der Waals surface area (Å²) in [6.45, 7) is 10.5. The van der Waals surface area contributed by atoms with E-state index in [-0.39, 0.29) is 0 Å². The van der Waals surface area contributed by atoms with Gasteiger partial charge in [0.25, 0.3) is 0 Å². The molecule has 4 nitrogen and oxygen atoms in total. The molecule has 0 spiro atoms. The predicted octanol–water partition coefficient (Wildman–Crippen LogP) is 2.14. The average molecular weight is 298 g/mol. The fourth-order valence-corrected chi connectivity index (χ4v) is 3.79. The summed E-state index contributed by atoms with van der Waals surface area (Å²) in [5.74, 6) is 0.717. The van der Waals surface area contributed by atoms with Crippen molar-refractivity contribution < 1.29 is 9.47 Å². The highest BCUT2D eigenvalue weighted by molar-refractivity contribution is 4.87. The summed E-state index contributed by atoms with van der Waals surface area (Å²) in [5.41, 5.74) is 0.303. The summed E-state index contributed by atoms with van der Waals surface area (Å²) in [6.07, 6.45) is 6.24. The molecule has 21 heavy (non-hydrogen) atoms. The van der Waals surface area contributed by atoms with Gasteiger partial charge in [0.2, 0.25) is 0 Å². The van der Waals surface area contributed by atoms with Gasteiger partial charge in [0.15, 0.2) is 0 Å². The van der Waals surface area contributed by atoms with E-state index in [1.807, 2.05) is 0 Å². The van der Waals surface area contributed by atoms with Gasteiger partial charge in [0, 0.05) is 38.3 Å². The molecule has 2 aliphatic heterocycles. The van der Waals surface area contributed by atoms with Gasteiger partial charge in [-0.3, -0.25) is 0 Å². The van der Waals surface area contributed by atoms with E-state index in [4.69, 9.17) is 9.47 Å². The van der Waals surface area contributed by atoms with Crippen molar-refractivity contribution in [2.75, 3.05) is 59.7 Å². The first-order valence-corrected chi connectivity index (χ1v) is 8.79. The van der Waals surface area contributed by atoms with Crippen molar-refractivity contribution in [2.24, 2.45) is 11.3 Å². The lowest BCUT2D eigenvalue weighted by Gasteiger charge is -2.41. The van der Waals surface area contributed by atoms with Gasteiger partial charge >= 0.3 is 0 Å². The molecule has 2 aliphatic rings. The van der Waals surface area contributed by atoms with E-state index in [0.717, 1.165) is 52.6 Å². The second-order valence-electron chi connectivity index (χ2n) is 7.11. The smallest absolute Gasteiger partial charge is 0.0546 e. The van der Waals surface area contributed by atoms with Crippen LogP contribution < -0.4 is 5.32 Å². The fraction of sp³-hybridized carbons (Fsp3) is 1.00. The molecule has 124 valence electrons. The molecule has 0 aromatic heterocycles. The van der Waals surface area contributed by atoms with E-state index in [0.29, 0.717) is 11.3 Å². The average Bonchev–Trinajstić information content (AvgIpc) is 2.49. The van der Waals surface area contributed by atoms with E-state index in [1.165, 1.54) is 32.1 Å². The summed E-state index contributed by atoms with van der Waals surface area (Å²) in [4.78, 5) is 2.52. The molecule has 2 saturated heterocycles. The standard InChI is InChI=1S/C17H34N2O2/c1-3-8-18-13-17(7-5-10-21-15-17)14-19(2)11-16-6-4-9-20-12-16/h16,18H,3-15H2,1-2H3. The molecule has 2 heterocycles. The summed E-state index contributed by atoms with van der Waals surface area (Å²) in [6, 6.07) is 0. The van der Waals surface area contributed by atoms with Crippen molar-refractivity contribution in [1.29, 1.82) is 0 Å². The van der Waals surface area contributed by atoms with Crippen molar-refractivity contribution in [3.8, 4) is 0 Å². The van der Waals surface area contributed by atoms with Gasteiger partial charge in [0.1, 0.15) is 0 Å². The van der Waals surface area contributed by atoms with Crippen LogP contribution in [0.5, 0.6) is 0 Å². The van der Waals surface area contributed by atoms with Crippen LogP contribution in [0.2, 0.25) is 0 Å². The lowest BCUT2D eigenvalue weighted by atomic mass is 9.81. The highest BCUT2D eigenvalue weighted by Gasteiger charge is 2.34.